The number of piperazine rings is 1. The Hall–Kier alpha value is -1.63. The fourth-order valence-corrected chi connectivity index (χ4v) is 3.02. The Morgan fingerprint density at radius 1 is 1.38 bits per heavy atom. The maximum atomic E-state index is 12.2. The zero-order chi connectivity index (χ0) is 17.7. The van der Waals surface area contributed by atoms with Gasteiger partial charge in [-0.2, -0.15) is 0 Å². The second-order valence-corrected chi connectivity index (χ2v) is 7.45. The van der Waals surface area contributed by atoms with E-state index in [1.165, 1.54) is 7.11 Å². The number of ether oxygens (including phenoxy) is 2. The summed E-state index contributed by atoms with van der Waals surface area (Å²) in [5.74, 6) is -0.196. The Kier molecular flexibility index (Phi) is 6.21. The maximum absolute atomic E-state index is 12.2. The van der Waals surface area contributed by atoms with Crippen molar-refractivity contribution in [1.29, 1.82) is 0 Å². The third kappa shape index (κ3) is 5.47. The standard InChI is InChI=1S/C17H29N3O4/c1-17(2,3)24-16(22)20-8-7-18-14(11-20)10-19-13-6-5-12(9-13)15(21)23-4/h12,14,18H,5-11H2,1-4H3/t12-,14?/m0/s1. The van der Waals surface area contributed by atoms with E-state index >= 15 is 0 Å². The first-order chi connectivity index (χ1) is 11.3. The number of amides is 1. The zero-order valence-corrected chi connectivity index (χ0v) is 15.1. The van der Waals surface area contributed by atoms with E-state index in [0.717, 1.165) is 25.1 Å². The first-order valence-corrected chi connectivity index (χ1v) is 8.60. The highest BCUT2D eigenvalue weighted by molar-refractivity contribution is 5.91. The van der Waals surface area contributed by atoms with Crippen molar-refractivity contribution in [3.05, 3.63) is 0 Å². The second-order valence-electron chi connectivity index (χ2n) is 7.45. The molecule has 1 saturated carbocycles. The van der Waals surface area contributed by atoms with Crippen LogP contribution in [0.1, 0.15) is 40.0 Å². The lowest BCUT2D eigenvalue weighted by atomic mass is 10.1. The maximum Gasteiger partial charge on any atom is 0.410 e. The summed E-state index contributed by atoms with van der Waals surface area (Å²) in [7, 11) is 1.43. The number of nitrogens with zero attached hydrogens (tertiary/aromatic N) is 2. The van der Waals surface area contributed by atoms with Gasteiger partial charge < -0.3 is 19.7 Å². The number of methoxy groups -OCH3 is 1. The number of hydrogen-bond donors (Lipinski definition) is 1. The van der Waals surface area contributed by atoms with Gasteiger partial charge in [0.25, 0.3) is 0 Å². The molecule has 1 amide bonds. The monoisotopic (exact) mass is 339 g/mol. The van der Waals surface area contributed by atoms with Crippen molar-refractivity contribution < 1.29 is 19.1 Å². The first kappa shape index (κ1) is 18.7. The van der Waals surface area contributed by atoms with E-state index in [1.807, 2.05) is 20.8 Å². The lowest BCUT2D eigenvalue weighted by molar-refractivity contribution is -0.145. The van der Waals surface area contributed by atoms with Crippen LogP contribution < -0.4 is 5.32 Å². The highest BCUT2D eigenvalue weighted by Crippen LogP contribution is 2.24. The molecule has 2 atom stereocenters. The van der Waals surface area contributed by atoms with Gasteiger partial charge in [0.15, 0.2) is 0 Å². The minimum Gasteiger partial charge on any atom is -0.469 e. The number of carbonyl (C=O) groups excluding carboxylic acids is 2. The number of hydrogen-bond acceptors (Lipinski definition) is 6. The van der Waals surface area contributed by atoms with Crippen LogP contribution in [-0.2, 0) is 14.3 Å². The molecule has 24 heavy (non-hydrogen) atoms. The average Bonchev–Trinajstić information content (AvgIpc) is 3.00. The molecule has 0 bridgehead atoms. The molecule has 2 fully saturated rings. The Labute approximate surface area is 143 Å². The zero-order valence-electron chi connectivity index (χ0n) is 15.1. The Morgan fingerprint density at radius 2 is 2.12 bits per heavy atom. The number of nitrogens with one attached hydrogen (secondary N) is 1. The highest BCUT2D eigenvalue weighted by Gasteiger charge is 2.29. The predicted molar refractivity (Wildman–Crippen MR) is 91.3 cm³/mol. The van der Waals surface area contributed by atoms with Crippen molar-refractivity contribution >= 4 is 17.8 Å². The lowest BCUT2D eigenvalue weighted by Gasteiger charge is -2.34. The van der Waals surface area contributed by atoms with Crippen molar-refractivity contribution in [2.45, 2.75) is 51.7 Å². The molecular formula is C17H29N3O4. The topological polar surface area (TPSA) is 80.2 Å². The van der Waals surface area contributed by atoms with Gasteiger partial charge in [-0.15, -0.1) is 0 Å². The Balaban J connectivity index is 1.82. The van der Waals surface area contributed by atoms with Crippen molar-refractivity contribution in [2.75, 3.05) is 33.3 Å². The minimum absolute atomic E-state index is 0.0497. The van der Waals surface area contributed by atoms with Gasteiger partial charge in [-0.05, 0) is 40.0 Å². The Morgan fingerprint density at radius 3 is 2.79 bits per heavy atom. The second kappa shape index (κ2) is 7.96. The number of aliphatic imine (C=N–C) groups is 1. The van der Waals surface area contributed by atoms with Crippen LogP contribution in [0.15, 0.2) is 4.99 Å². The van der Waals surface area contributed by atoms with E-state index in [4.69, 9.17) is 9.47 Å². The average molecular weight is 339 g/mol. The van der Waals surface area contributed by atoms with Gasteiger partial charge >= 0.3 is 12.1 Å². The van der Waals surface area contributed by atoms with Gasteiger partial charge in [-0.25, -0.2) is 4.79 Å². The third-order valence-electron chi connectivity index (χ3n) is 4.24. The summed E-state index contributed by atoms with van der Waals surface area (Å²) < 4.78 is 10.2. The van der Waals surface area contributed by atoms with Gasteiger partial charge in [-0.1, -0.05) is 0 Å². The van der Waals surface area contributed by atoms with Crippen molar-refractivity contribution in [1.82, 2.24) is 10.2 Å². The highest BCUT2D eigenvalue weighted by atomic mass is 16.6. The van der Waals surface area contributed by atoms with E-state index in [9.17, 15) is 9.59 Å². The number of esters is 1. The minimum atomic E-state index is -0.482. The van der Waals surface area contributed by atoms with Crippen LogP contribution in [-0.4, -0.2) is 67.6 Å². The normalized spacial score (nSPS) is 26.5. The van der Waals surface area contributed by atoms with Crippen LogP contribution in [0.5, 0.6) is 0 Å². The fourth-order valence-electron chi connectivity index (χ4n) is 3.02. The van der Waals surface area contributed by atoms with Crippen LogP contribution in [0.25, 0.3) is 0 Å². The quantitative estimate of drug-likeness (QED) is 0.790. The van der Waals surface area contributed by atoms with Gasteiger partial charge in [-0.3, -0.25) is 9.79 Å². The number of rotatable bonds is 3. The molecular weight excluding hydrogens is 310 g/mol. The number of carbonyl (C=O) groups is 2. The van der Waals surface area contributed by atoms with E-state index < -0.39 is 5.60 Å². The van der Waals surface area contributed by atoms with Crippen molar-refractivity contribution in [3.63, 3.8) is 0 Å². The van der Waals surface area contributed by atoms with Crippen LogP contribution in [0.2, 0.25) is 0 Å². The SMILES string of the molecule is COC(=O)[C@H]1CCC(=NCC2CN(C(=O)OC(C)(C)C)CCN2)C1. The predicted octanol–water partition coefficient (Wildman–Crippen LogP) is 1.61. The van der Waals surface area contributed by atoms with Crippen LogP contribution in [0, 0.1) is 5.92 Å². The molecule has 1 heterocycles. The molecule has 7 nitrogen and oxygen atoms in total. The molecule has 1 unspecified atom stereocenters. The molecule has 1 aliphatic carbocycles. The van der Waals surface area contributed by atoms with Crippen molar-refractivity contribution in [2.24, 2.45) is 10.9 Å². The lowest BCUT2D eigenvalue weighted by Crippen LogP contribution is -2.54. The summed E-state index contributed by atoms with van der Waals surface area (Å²) in [6.45, 7) is 8.19. The molecule has 0 aromatic heterocycles. The molecule has 0 aromatic rings. The molecule has 0 radical (unpaired) electrons. The largest absolute Gasteiger partial charge is 0.469 e. The summed E-state index contributed by atoms with van der Waals surface area (Å²) in [4.78, 5) is 30.1. The van der Waals surface area contributed by atoms with Crippen molar-refractivity contribution in [3.8, 4) is 0 Å². The molecule has 1 aliphatic heterocycles. The van der Waals surface area contributed by atoms with E-state index in [0.29, 0.717) is 26.1 Å². The summed E-state index contributed by atoms with van der Waals surface area (Å²) in [6.07, 6.45) is 2.08. The molecule has 0 spiro atoms. The van der Waals surface area contributed by atoms with Crippen LogP contribution in [0.3, 0.4) is 0 Å². The third-order valence-corrected chi connectivity index (χ3v) is 4.24. The summed E-state index contributed by atoms with van der Waals surface area (Å²) in [5, 5.41) is 3.39. The van der Waals surface area contributed by atoms with Gasteiger partial charge in [0.05, 0.1) is 19.6 Å². The summed E-state index contributed by atoms with van der Waals surface area (Å²) in [6, 6.07) is 0.121. The molecule has 0 aromatic carbocycles. The molecule has 136 valence electrons. The molecule has 7 heteroatoms. The summed E-state index contributed by atoms with van der Waals surface area (Å²) >= 11 is 0. The van der Waals surface area contributed by atoms with Crippen LogP contribution >= 0.6 is 0 Å². The van der Waals surface area contributed by atoms with E-state index in [2.05, 4.69) is 10.3 Å². The Bertz CT molecular complexity index is 499. The van der Waals surface area contributed by atoms with E-state index in [-0.39, 0.29) is 24.0 Å². The first-order valence-electron chi connectivity index (χ1n) is 8.60. The van der Waals surface area contributed by atoms with Gasteiger partial charge in [0.2, 0.25) is 0 Å². The van der Waals surface area contributed by atoms with E-state index in [1.54, 1.807) is 4.90 Å². The smallest absolute Gasteiger partial charge is 0.410 e. The van der Waals surface area contributed by atoms with Gasteiger partial charge in [0, 0.05) is 31.4 Å². The molecule has 2 rings (SSSR count). The summed E-state index contributed by atoms with van der Waals surface area (Å²) in [5.41, 5.74) is 0.589. The molecule has 2 aliphatic rings. The van der Waals surface area contributed by atoms with Gasteiger partial charge in [0.1, 0.15) is 5.60 Å². The molecule has 1 N–H and O–H groups in total. The fraction of sp³-hybridized carbons (Fsp3) is 0.824. The van der Waals surface area contributed by atoms with Crippen LogP contribution in [0.4, 0.5) is 4.79 Å². The molecule has 1 saturated heterocycles.